The molecule has 86 valence electrons. The molecule has 0 amide bonds. The van der Waals surface area contributed by atoms with Crippen LogP contribution in [0.5, 0.6) is 5.75 Å². The summed E-state index contributed by atoms with van der Waals surface area (Å²) in [5.74, 6) is 0.950. The Morgan fingerprint density at radius 2 is 2.00 bits per heavy atom. The molecule has 1 fully saturated rings. The van der Waals surface area contributed by atoms with Crippen molar-refractivity contribution in [2.75, 3.05) is 19.7 Å². The van der Waals surface area contributed by atoms with E-state index in [1.54, 1.807) is 0 Å². The largest absolute Gasteiger partial charge is 0.490 e. The van der Waals surface area contributed by atoms with E-state index >= 15 is 0 Å². The molecule has 2 heteroatoms. The van der Waals surface area contributed by atoms with Crippen LogP contribution in [0.25, 0.3) is 0 Å². The van der Waals surface area contributed by atoms with Gasteiger partial charge in [0.15, 0.2) is 0 Å². The van der Waals surface area contributed by atoms with E-state index in [9.17, 15) is 0 Å². The highest BCUT2D eigenvalue weighted by molar-refractivity contribution is 5.21. The van der Waals surface area contributed by atoms with Gasteiger partial charge in [0.2, 0.25) is 0 Å². The smallest absolute Gasteiger partial charge is 0.119 e. The lowest BCUT2D eigenvalue weighted by molar-refractivity contribution is 0.361. The number of ether oxygens (including phenoxy) is 1. The molecule has 0 aliphatic carbocycles. The van der Waals surface area contributed by atoms with Crippen LogP contribution in [0.4, 0.5) is 0 Å². The molecule has 0 spiro atoms. The highest BCUT2D eigenvalue weighted by Crippen LogP contribution is 2.13. The second kappa shape index (κ2) is 6.33. The van der Waals surface area contributed by atoms with Crippen LogP contribution in [0.2, 0.25) is 0 Å². The molecule has 1 aliphatic rings. The molecule has 0 bridgehead atoms. The highest BCUT2D eigenvalue weighted by Gasteiger charge is 2.02. The average Bonchev–Trinajstić information content (AvgIpc) is 2.59. The Morgan fingerprint density at radius 3 is 2.88 bits per heavy atom. The van der Waals surface area contributed by atoms with Gasteiger partial charge in [0, 0.05) is 0 Å². The minimum Gasteiger partial charge on any atom is -0.490 e. The summed E-state index contributed by atoms with van der Waals surface area (Å²) in [6, 6.07) is 9.98. The Hall–Kier alpha value is -1.28. The van der Waals surface area contributed by atoms with E-state index in [-0.39, 0.29) is 0 Å². The Morgan fingerprint density at radius 1 is 1.12 bits per heavy atom. The fraction of sp³-hybridized carbons (Fsp3) is 0.429. The molecule has 1 aliphatic heterocycles. The zero-order chi connectivity index (χ0) is 11.1. The third-order valence-corrected chi connectivity index (χ3v) is 2.84. The van der Waals surface area contributed by atoms with E-state index < -0.39 is 0 Å². The summed E-state index contributed by atoms with van der Waals surface area (Å²) in [6.07, 6.45) is 5.86. The highest BCUT2D eigenvalue weighted by atomic mass is 16.5. The number of nitrogens with one attached hydrogen (secondary N) is 1. The molecule has 0 unspecified atom stereocenters. The molecule has 1 aromatic rings. The molecule has 2 nitrogen and oxygen atoms in total. The van der Waals surface area contributed by atoms with Gasteiger partial charge in [0.1, 0.15) is 12.4 Å². The molecular weight excluding hydrogens is 198 g/mol. The lowest BCUT2D eigenvalue weighted by Crippen LogP contribution is -2.13. The molecule has 0 radical (unpaired) electrons. The summed E-state index contributed by atoms with van der Waals surface area (Å²) in [5, 5.41) is 3.40. The Bertz CT molecular complexity index is 322. The van der Waals surface area contributed by atoms with E-state index in [1.165, 1.54) is 18.4 Å². The van der Waals surface area contributed by atoms with Crippen LogP contribution in [0.3, 0.4) is 0 Å². The molecule has 16 heavy (non-hydrogen) atoms. The van der Waals surface area contributed by atoms with Gasteiger partial charge in [-0.15, -0.1) is 0 Å². The summed E-state index contributed by atoms with van der Waals surface area (Å²) >= 11 is 0. The van der Waals surface area contributed by atoms with Crippen LogP contribution < -0.4 is 10.1 Å². The van der Waals surface area contributed by atoms with Crippen molar-refractivity contribution in [1.82, 2.24) is 5.32 Å². The monoisotopic (exact) mass is 217 g/mol. The van der Waals surface area contributed by atoms with Crippen molar-refractivity contribution in [3.8, 4) is 5.75 Å². The first-order valence-corrected chi connectivity index (χ1v) is 6.01. The maximum absolute atomic E-state index is 5.65. The average molecular weight is 217 g/mol. The van der Waals surface area contributed by atoms with Crippen LogP contribution >= 0.6 is 0 Å². The maximum atomic E-state index is 5.65. The number of para-hydroxylation sites is 1. The van der Waals surface area contributed by atoms with Crippen LogP contribution in [0, 0.1) is 0 Å². The van der Waals surface area contributed by atoms with Crippen molar-refractivity contribution in [2.45, 2.75) is 19.3 Å². The Labute approximate surface area is 97.3 Å². The predicted molar refractivity (Wildman–Crippen MR) is 66.7 cm³/mol. The van der Waals surface area contributed by atoms with E-state index in [1.807, 2.05) is 30.3 Å². The third-order valence-electron chi connectivity index (χ3n) is 2.84. The Kier molecular flexibility index (Phi) is 4.44. The molecule has 1 aromatic carbocycles. The number of benzene rings is 1. The van der Waals surface area contributed by atoms with Crippen LogP contribution in [-0.4, -0.2) is 19.7 Å². The maximum Gasteiger partial charge on any atom is 0.119 e. The van der Waals surface area contributed by atoms with Gasteiger partial charge in [-0.05, 0) is 50.6 Å². The fourth-order valence-corrected chi connectivity index (χ4v) is 1.92. The molecule has 2 rings (SSSR count). The molecule has 0 aromatic heterocycles. The second-order valence-electron chi connectivity index (χ2n) is 4.09. The van der Waals surface area contributed by atoms with Gasteiger partial charge < -0.3 is 10.1 Å². The predicted octanol–water partition coefficient (Wildman–Crippen LogP) is 2.77. The van der Waals surface area contributed by atoms with Crippen molar-refractivity contribution < 1.29 is 4.74 Å². The van der Waals surface area contributed by atoms with Crippen molar-refractivity contribution in [1.29, 1.82) is 0 Å². The van der Waals surface area contributed by atoms with Gasteiger partial charge in [-0.1, -0.05) is 23.8 Å². The van der Waals surface area contributed by atoms with E-state index in [4.69, 9.17) is 4.74 Å². The van der Waals surface area contributed by atoms with Gasteiger partial charge >= 0.3 is 0 Å². The normalized spacial score (nSPS) is 19.4. The number of rotatable bonds is 3. The number of hydrogen-bond acceptors (Lipinski definition) is 2. The summed E-state index contributed by atoms with van der Waals surface area (Å²) in [5.41, 5.74) is 1.53. The SMILES string of the molecule is C(/COc1ccccc1)=C1/CCCNCC1. The van der Waals surface area contributed by atoms with Crippen LogP contribution in [0.15, 0.2) is 42.0 Å². The Balaban J connectivity index is 1.79. The topological polar surface area (TPSA) is 21.3 Å². The third kappa shape index (κ3) is 3.70. The lowest BCUT2D eigenvalue weighted by atomic mass is 10.1. The van der Waals surface area contributed by atoms with Gasteiger partial charge in [-0.3, -0.25) is 0 Å². The summed E-state index contributed by atoms with van der Waals surface area (Å²) in [4.78, 5) is 0. The van der Waals surface area contributed by atoms with Crippen molar-refractivity contribution in [3.05, 3.63) is 42.0 Å². The zero-order valence-corrected chi connectivity index (χ0v) is 9.61. The van der Waals surface area contributed by atoms with E-state index in [0.29, 0.717) is 6.61 Å². The van der Waals surface area contributed by atoms with E-state index in [0.717, 1.165) is 25.3 Å². The first-order valence-electron chi connectivity index (χ1n) is 6.01. The molecule has 1 N–H and O–H groups in total. The van der Waals surface area contributed by atoms with Gasteiger partial charge in [0.05, 0.1) is 0 Å². The molecule has 0 saturated carbocycles. The van der Waals surface area contributed by atoms with Gasteiger partial charge in [-0.2, -0.15) is 0 Å². The molecule has 1 heterocycles. The van der Waals surface area contributed by atoms with Crippen LogP contribution in [-0.2, 0) is 0 Å². The van der Waals surface area contributed by atoms with E-state index in [2.05, 4.69) is 11.4 Å². The molecule has 0 atom stereocenters. The van der Waals surface area contributed by atoms with Crippen molar-refractivity contribution in [2.24, 2.45) is 0 Å². The molecule has 1 saturated heterocycles. The molecular formula is C14H19NO. The lowest BCUT2D eigenvalue weighted by Gasteiger charge is -2.05. The van der Waals surface area contributed by atoms with Crippen molar-refractivity contribution >= 4 is 0 Å². The number of hydrogen-bond donors (Lipinski definition) is 1. The summed E-state index contributed by atoms with van der Waals surface area (Å²) in [6.45, 7) is 2.95. The van der Waals surface area contributed by atoms with Gasteiger partial charge in [0.25, 0.3) is 0 Å². The van der Waals surface area contributed by atoms with Crippen LogP contribution in [0.1, 0.15) is 19.3 Å². The summed E-state index contributed by atoms with van der Waals surface area (Å²) < 4.78 is 5.65. The minimum absolute atomic E-state index is 0.694. The second-order valence-corrected chi connectivity index (χ2v) is 4.09. The zero-order valence-electron chi connectivity index (χ0n) is 9.61. The minimum atomic E-state index is 0.694. The first-order chi connectivity index (χ1) is 7.95. The summed E-state index contributed by atoms with van der Waals surface area (Å²) in [7, 11) is 0. The van der Waals surface area contributed by atoms with Gasteiger partial charge in [-0.25, -0.2) is 0 Å². The fourth-order valence-electron chi connectivity index (χ4n) is 1.92. The first kappa shape index (κ1) is 11.2. The quantitative estimate of drug-likeness (QED) is 0.786. The van der Waals surface area contributed by atoms with Crippen molar-refractivity contribution in [3.63, 3.8) is 0 Å². The standard InChI is InChI=1S/C14H19NO/c1-2-6-14(7-3-1)16-12-9-13-5-4-10-15-11-8-13/h1-3,6-7,9,15H,4-5,8,10-12H2/b13-9+.